The van der Waals surface area contributed by atoms with Gasteiger partial charge in [-0.15, -0.1) is 0 Å². The quantitative estimate of drug-likeness (QED) is 0.349. The van der Waals surface area contributed by atoms with E-state index < -0.39 is 5.92 Å². The van der Waals surface area contributed by atoms with Gasteiger partial charge in [0.15, 0.2) is 0 Å². The summed E-state index contributed by atoms with van der Waals surface area (Å²) in [6.45, 7) is 2.50. The van der Waals surface area contributed by atoms with Gasteiger partial charge in [-0.25, -0.2) is 5.06 Å². The lowest BCUT2D eigenvalue weighted by molar-refractivity contribution is -0.154. The van der Waals surface area contributed by atoms with Crippen LogP contribution < -0.4 is 5.32 Å². The van der Waals surface area contributed by atoms with E-state index in [2.05, 4.69) is 5.32 Å². The summed E-state index contributed by atoms with van der Waals surface area (Å²) in [4.78, 5) is 22.6. The zero-order chi connectivity index (χ0) is 16.4. The molecular formula is C16H24N2O4. The van der Waals surface area contributed by atoms with Gasteiger partial charge in [0.2, 0.25) is 12.3 Å². The van der Waals surface area contributed by atoms with Crippen LogP contribution in [0.25, 0.3) is 0 Å². The number of nitrogens with one attached hydrogen (secondary N) is 1. The van der Waals surface area contributed by atoms with E-state index >= 15 is 0 Å². The van der Waals surface area contributed by atoms with Gasteiger partial charge in [-0.2, -0.15) is 0 Å². The SMILES string of the molecule is CCCC[C@H](CN(O)C=O)C(=O)NCCc1ccc(O)cc1. The molecule has 0 aromatic heterocycles. The van der Waals surface area contributed by atoms with Gasteiger partial charge in [0.05, 0.1) is 12.5 Å². The number of carbonyl (C=O) groups excluding carboxylic acids is 2. The first-order valence-corrected chi connectivity index (χ1v) is 7.53. The van der Waals surface area contributed by atoms with Gasteiger partial charge in [-0.3, -0.25) is 14.8 Å². The predicted molar refractivity (Wildman–Crippen MR) is 82.4 cm³/mol. The van der Waals surface area contributed by atoms with E-state index in [1.165, 1.54) is 0 Å². The van der Waals surface area contributed by atoms with Crippen LogP contribution in [0.4, 0.5) is 0 Å². The van der Waals surface area contributed by atoms with Crippen molar-refractivity contribution in [2.45, 2.75) is 32.6 Å². The fourth-order valence-corrected chi connectivity index (χ4v) is 2.16. The summed E-state index contributed by atoms with van der Waals surface area (Å²) >= 11 is 0. The second kappa shape index (κ2) is 9.78. The standard InChI is InChI=1S/C16H24N2O4/c1-2-3-4-14(11-18(22)12-19)16(21)17-10-9-13-5-7-15(20)8-6-13/h5-8,12,14,20,22H,2-4,9-11H2,1H3,(H,17,21)/t14-/m1/s1. The van der Waals surface area contributed by atoms with Crippen molar-refractivity contribution in [3.8, 4) is 5.75 Å². The number of hydrogen-bond acceptors (Lipinski definition) is 4. The first kappa shape index (κ1) is 18.0. The van der Waals surface area contributed by atoms with E-state index in [1.54, 1.807) is 24.3 Å². The number of aromatic hydroxyl groups is 1. The molecule has 1 aromatic carbocycles. The van der Waals surface area contributed by atoms with Crippen molar-refractivity contribution < 1.29 is 19.9 Å². The summed E-state index contributed by atoms with van der Waals surface area (Å²) in [5.74, 6) is -0.354. The number of nitrogens with zero attached hydrogens (tertiary/aromatic N) is 1. The number of unbranched alkanes of at least 4 members (excludes halogenated alkanes) is 1. The Morgan fingerprint density at radius 3 is 2.64 bits per heavy atom. The highest BCUT2D eigenvalue weighted by Gasteiger charge is 2.19. The Hall–Kier alpha value is -2.08. The largest absolute Gasteiger partial charge is 0.508 e. The number of phenolic OH excluding ortho intramolecular Hbond substituents is 1. The summed E-state index contributed by atoms with van der Waals surface area (Å²) in [7, 11) is 0. The molecule has 0 heterocycles. The molecule has 0 bridgehead atoms. The van der Waals surface area contributed by atoms with Gasteiger partial charge >= 0.3 is 0 Å². The van der Waals surface area contributed by atoms with E-state index in [9.17, 15) is 19.9 Å². The summed E-state index contributed by atoms with van der Waals surface area (Å²) in [5, 5.41) is 21.8. The first-order valence-electron chi connectivity index (χ1n) is 7.53. The van der Waals surface area contributed by atoms with Crippen molar-refractivity contribution in [1.82, 2.24) is 10.4 Å². The molecule has 3 N–H and O–H groups in total. The average molecular weight is 308 g/mol. The van der Waals surface area contributed by atoms with E-state index in [-0.39, 0.29) is 18.2 Å². The van der Waals surface area contributed by atoms with Gasteiger partial charge in [0, 0.05) is 6.54 Å². The molecule has 1 rings (SSSR count). The smallest absolute Gasteiger partial charge is 0.233 e. The Labute approximate surface area is 130 Å². The monoisotopic (exact) mass is 308 g/mol. The normalized spacial score (nSPS) is 11.7. The van der Waals surface area contributed by atoms with Crippen molar-refractivity contribution in [1.29, 1.82) is 0 Å². The lowest BCUT2D eigenvalue weighted by Gasteiger charge is -2.19. The molecular weight excluding hydrogens is 284 g/mol. The molecule has 0 saturated carbocycles. The number of hydroxylamine groups is 2. The molecule has 0 saturated heterocycles. The van der Waals surface area contributed by atoms with Gasteiger partial charge in [-0.05, 0) is 30.5 Å². The third-order valence-corrected chi connectivity index (χ3v) is 3.46. The van der Waals surface area contributed by atoms with Crippen LogP contribution in [0.5, 0.6) is 5.75 Å². The fourth-order valence-electron chi connectivity index (χ4n) is 2.16. The van der Waals surface area contributed by atoms with Crippen LogP contribution in [0.1, 0.15) is 31.7 Å². The van der Waals surface area contributed by atoms with E-state index in [0.29, 0.717) is 30.9 Å². The minimum atomic E-state index is -0.407. The minimum Gasteiger partial charge on any atom is -0.508 e. The maximum atomic E-state index is 12.1. The first-order chi connectivity index (χ1) is 10.6. The molecule has 1 aromatic rings. The van der Waals surface area contributed by atoms with Crippen LogP contribution in [0.2, 0.25) is 0 Å². The molecule has 1 atom stereocenters. The maximum absolute atomic E-state index is 12.1. The second-order valence-electron chi connectivity index (χ2n) is 5.27. The molecule has 6 heteroatoms. The third-order valence-electron chi connectivity index (χ3n) is 3.46. The van der Waals surface area contributed by atoms with Crippen molar-refractivity contribution in [3.05, 3.63) is 29.8 Å². The Morgan fingerprint density at radius 2 is 2.05 bits per heavy atom. The van der Waals surface area contributed by atoms with Crippen LogP contribution in [0, 0.1) is 5.92 Å². The molecule has 122 valence electrons. The van der Waals surface area contributed by atoms with Crippen LogP contribution in [0.3, 0.4) is 0 Å². The summed E-state index contributed by atoms with van der Waals surface area (Å²) in [6, 6.07) is 6.82. The summed E-state index contributed by atoms with van der Waals surface area (Å²) < 4.78 is 0. The number of phenols is 1. The molecule has 0 unspecified atom stereocenters. The molecule has 6 nitrogen and oxygen atoms in total. The Kier molecular flexibility index (Phi) is 7.99. The zero-order valence-corrected chi connectivity index (χ0v) is 12.9. The molecule has 0 fully saturated rings. The van der Waals surface area contributed by atoms with Crippen molar-refractivity contribution in [3.63, 3.8) is 0 Å². The van der Waals surface area contributed by atoms with Gasteiger partial charge in [0.25, 0.3) is 0 Å². The Bertz CT molecular complexity index is 462. The summed E-state index contributed by atoms with van der Waals surface area (Å²) in [6.07, 6.45) is 3.41. The van der Waals surface area contributed by atoms with Gasteiger partial charge < -0.3 is 10.4 Å². The summed E-state index contributed by atoms with van der Waals surface area (Å²) in [5.41, 5.74) is 1.01. The number of carbonyl (C=O) groups is 2. The molecule has 0 aliphatic heterocycles. The molecule has 0 radical (unpaired) electrons. The van der Waals surface area contributed by atoms with Crippen LogP contribution in [-0.4, -0.2) is 40.8 Å². The molecule has 0 aliphatic carbocycles. The van der Waals surface area contributed by atoms with Crippen molar-refractivity contribution in [2.24, 2.45) is 5.92 Å². The van der Waals surface area contributed by atoms with E-state index in [0.717, 1.165) is 18.4 Å². The highest BCUT2D eigenvalue weighted by molar-refractivity contribution is 5.79. The number of benzene rings is 1. The molecule has 0 spiro atoms. The fraction of sp³-hybridized carbons (Fsp3) is 0.500. The van der Waals surface area contributed by atoms with Crippen molar-refractivity contribution in [2.75, 3.05) is 13.1 Å². The zero-order valence-electron chi connectivity index (χ0n) is 12.9. The Balaban J connectivity index is 2.44. The highest BCUT2D eigenvalue weighted by atomic mass is 16.5. The van der Waals surface area contributed by atoms with E-state index in [1.807, 2.05) is 6.92 Å². The Morgan fingerprint density at radius 1 is 1.36 bits per heavy atom. The molecule has 22 heavy (non-hydrogen) atoms. The number of amides is 2. The van der Waals surface area contributed by atoms with Gasteiger partial charge in [-0.1, -0.05) is 31.9 Å². The number of rotatable bonds is 10. The topological polar surface area (TPSA) is 89.9 Å². The maximum Gasteiger partial charge on any atom is 0.233 e. The lowest BCUT2D eigenvalue weighted by Crippen LogP contribution is -2.38. The van der Waals surface area contributed by atoms with Gasteiger partial charge in [0.1, 0.15) is 5.75 Å². The molecule has 2 amide bonds. The highest BCUT2D eigenvalue weighted by Crippen LogP contribution is 2.11. The molecule has 0 aliphatic rings. The van der Waals surface area contributed by atoms with Crippen LogP contribution in [0.15, 0.2) is 24.3 Å². The second-order valence-corrected chi connectivity index (χ2v) is 5.27. The average Bonchev–Trinajstić information content (AvgIpc) is 2.52. The lowest BCUT2D eigenvalue weighted by atomic mass is 10.0. The minimum absolute atomic E-state index is 0.00847. The number of hydrogen-bond donors (Lipinski definition) is 3. The van der Waals surface area contributed by atoms with E-state index in [4.69, 9.17) is 0 Å². The van der Waals surface area contributed by atoms with Crippen molar-refractivity contribution >= 4 is 12.3 Å². The predicted octanol–water partition coefficient (Wildman–Crippen LogP) is 1.70. The van der Waals surface area contributed by atoms with Crippen LogP contribution in [-0.2, 0) is 16.0 Å². The van der Waals surface area contributed by atoms with Crippen LogP contribution >= 0.6 is 0 Å². The third kappa shape index (κ3) is 6.58.